The minimum atomic E-state index is -0.217. The van der Waals surface area contributed by atoms with E-state index in [-0.39, 0.29) is 12.1 Å². The highest BCUT2D eigenvalue weighted by Gasteiger charge is 2.22. The predicted octanol–water partition coefficient (Wildman–Crippen LogP) is 1.28. The molecule has 3 nitrogen and oxygen atoms in total. The summed E-state index contributed by atoms with van der Waals surface area (Å²) in [6.07, 6.45) is 2.71. The second-order valence-electron chi connectivity index (χ2n) is 2.86. The van der Waals surface area contributed by atoms with E-state index in [1.807, 2.05) is 13.0 Å². The molecule has 0 unspecified atom stereocenters. The van der Waals surface area contributed by atoms with E-state index in [1.165, 1.54) is 0 Å². The van der Waals surface area contributed by atoms with Crippen LogP contribution in [0.25, 0.3) is 0 Å². The highest BCUT2D eigenvalue weighted by molar-refractivity contribution is 5.87. The lowest BCUT2D eigenvalue weighted by Crippen LogP contribution is -2.37. The third-order valence-corrected chi connectivity index (χ3v) is 1.71. The summed E-state index contributed by atoms with van der Waals surface area (Å²) in [7, 11) is 0. The summed E-state index contributed by atoms with van der Waals surface area (Å²) in [6.45, 7) is 4.85. The van der Waals surface area contributed by atoms with Crippen LogP contribution < -0.4 is 0 Å². The molecule has 0 amide bonds. The second kappa shape index (κ2) is 4.26. The van der Waals surface area contributed by atoms with Crippen molar-refractivity contribution in [2.24, 2.45) is 0 Å². The molecule has 0 saturated carbocycles. The molecule has 0 N–H and O–H groups in total. The highest BCUT2D eigenvalue weighted by Crippen LogP contribution is 2.08. The third-order valence-electron chi connectivity index (χ3n) is 1.71. The van der Waals surface area contributed by atoms with Crippen LogP contribution in [-0.4, -0.2) is 25.3 Å². The van der Waals surface area contributed by atoms with Gasteiger partial charge in [0.25, 0.3) is 0 Å². The Balaban J connectivity index is 2.31. The van der Waals surface area contributed by atoms with E-state index in [9.17, 15) is 4.79 Å². The van der Waals surface area contributed by atoms with Crippen LogP contribution in [0.3, 0.4) is 0 Å². The molecule has 12 heavy (non-hydrogen) atoms. The van der Waals surface area contributed by atoms with Gasteiger partial charge in [-0.2, -0.15) is 0 Å². The lowest BCUT2D eigenvalue weighted by atomic mass is 10.2. The van der Waals surface area contributed by atoms with Crippen LogP contribution in [0, 0.1) is 0 Å². The van der Waals surface area contributed by atoms with Gasteiger partial charge in [-0.05, 0) is 13.3 Å². The molecule has 1 aliphatic heterocycles. The standard InChI is InChI=1S/C9H14O3/c1-3-4-7(2)9(10)12-8-5-11-6-8/h4,8H,3,5-6H2,1-2H3. The van der Waals surface area contributed by atoms with Crippen molar-refractivity contribution in [3.63, 3.8) is 0 Å². The Morgan fingerprint density at radius 3 is 2.75 bits per heavy atom. The fourth-order valence-corrected chi connectivity index (χ4v) is 0.916. The summed E-state index contributed by atoms with van der Waals surface area (Å²) >= 11 is 0. The summed E-state index contributed by atoms with van der Waals surface area (Å²) < 4.78 is 9.95. The second-order valence-corrected chi connectivity index (χ2v) is 2.86. The van der Waals surface area contributed by atoms with Gasteiger partial charge in [-0.3, -0.25) is 0 Å². The minimum absolute atomic E-state index is 0.0160. The number of carbonyl (C=O) groups is 1. The zero-order chi connectivity index (χ0) is 8.97. The van der Waals surface area contributed by atoms with Crippen molar-refractivity contribution in [2.45, 2.75) is 26.4 Å². The summed E-state index contributed by atoms with van der Waals surface area (Å²) in [5.74, 6) is -0.217. The monoisotopic (exact) mass is 170 g/mol. The number of rotatable bonds is 3. The molecule has 0 aromatic heterocycles. The van der Waals surface area contributed by atoms with Gasteiger partial charge in [0.2, 0.25) is 0 Å². The quantitative estimate of drug-likeness (QED) is 0.473. The first-order chi connectivity index (χ1) is 5.74. The zero-order valence-electron chi connectivity index (χ0n) is 7.50. The lowest BCUT2D eigenvalue weighted by molar-refractivity contribution is -0.167. The normalized spacial score (nSPS) is 18.7. The van der Waals surface area contributed by atoms with E-state index in [4.69, 9.17) is 9.47 Å². The van der Waals surface area contributed by atoms with E-state index >= 15 is 0 Å². The van der Waals surface area contributed by atoms with Crippen molar-refractivity contribution in [2.75, 3.05) is 13.2 Å². The molecule has 0 atom stereocenters. The SMILES string of the molecule is CCC=C(C)C(=O)OC1COC1. The number of hydrogen-bond donors (Lipinski definition) is 0. The van der Waals surface area contributed by atoms with Crippen molar-refractivity contribution >= 4 is 5.97 Å². The maximum Gasteiger partial charge on any atom is 0.333 e. The lowest BCUT2D eigenvalue weighted by Gasteiger charge is -2.25. The van der Waals surface area contributed by atoms with Crippen LogP contribution in [0.4, 0.5) is 0 Å². The van der Waals surface area contributed by atoms with Crippen molar-refractivity contribution in [1.82, 2.24) is 0 Å². The Hall–Kier alpha value is -0.830. The molecule has 0 bridgehead atoms. The van der Waals surface area contributed by atoms with Gasteiger partial charge < -0.3 is 9.47 Å². The molecule has 1 rings (SSSR count). The van der Waals surface area contributed by atoms with E-state index in [1.54, 1.807) is 6.92 Å². The smallest absolute Gasteiger partial charge is 0.333 e. The molecule has 1 saturated heterocycles. The molecular formula is C9H14O3. The first-order valence-corrected chi connectivity index (χ1v) is 4.19. The number of allylic oxidation sites excluding steroid dienone is 1. The highest BCUT2D eigenvalue weighted by atomic mass is 16.6. The van der Waals surface area contributed by atoms with Crippen LogP contribution in [0.15, 0.2) is 11.6 Å². The van der Waals surface area contributed by atoms with Gasteiger partial charge in [0, 0.05) is 5.57 Å². The van der Waals surface area contributed by atoms with Crippen molar-refractivity contribution < 1.29 is 14.3 Å². The average Bonchev–Trinajstić information content (AvgIpc) is 1.97. The van der Waals surface area contributed by atoms with E-state index in [0.29, 0.717) is 18.8 Å². The van der Waals surface area contributed by atoms with Gasteiger partial charge in [0.15, 0.2) is 0 Å². The number of hydrogen-bond acceptors (Lipinski definition) is 3. The maximum atomic E-state index is 11.2. The first-order valence-electron chi connectivity index (χ1n) is 4.19. The average molecular weight is 170 g/mol. The largest absolute Gasteiger partial charge is 0.454 e. The molecule has 1 aliphatic rings. The van der Waals surface area contributed by atoms with Crippen LogP contribution in [0.1, 0.15) is 20.3 Å². The molecule has 3 heteroatoms. The van der Waals surface area contributed by atoms with Gasteiger partial charge in [-0.15, -0.1) is 0 Å². The summed E-state index contributed by atoms with van der Waals surface area (Å²) in [6, 6.07) is 0. The number of esters is 1. The van der Waals surface area contributed by atoms with E-state index in [2.05, 4.69) is 0 Å². The minimum Gasteiger partial charge on any atom is -0.454 e. The van der Waals surface area contributed by atoms with Crippen molar-refractivity contribution in [3.8, 4) is 0 Å². The van der Waals surface area contributed by atoms with Crippen molar-refractivity contribution in [3.05, 3.63) is 11.6 Å². The van der Waals surface area contributed by atoms with Gasteiger partial charge in [-0.1, -0.05) is 13.0 Å². The summed E-state index contributed by atoms with van der Waals surface area (Å²) in [5.41, 5.74) is 0.685. The van der Waals surface area contributed by atoms with Crippen LogP contribution in [-0.2, 0) is 14.3 Å². The van der Waals surface area contributed by atoms with E-state index < -0.39 is 0 Å². The Labute approximate surface area is 72.4 Å². The van der Waals surface area contributed by atoms with Gasteiger partial charge >= 0.3 is 5.97 Å². The molecular weight excluding hydrogens is 156 g/mol. The summed E-state index contributed by atoms with van der Waals surface area (Å²) in [4.78, 5) is 11.2. The number of ether oxygens (including phenoxy) is 2. The molecule has 1 fully saturated rings. The molecule has 0 aliphatic carbocycles. The molecule has 0 aromatic carbocycles. The topological polar surface area (TPSA) is 35.5 Å². The molecule has 0 aromatic rings. The molecule has 0 spiro atoms. The third kappa shape index (κ3) is 2.34. The van der Waals surface area contributed by atoms with Gasteiger partial charge in [-0.25, -0.2) is 4.79 Å². The Morgan fingerprint density at radius 1 is 1.67 bits per heavy atom. The van der Waals surface area contributed by atoms with Crippen LogP contribution in [0.2, 0.25) is 0 Å². The fourth-order valence-electron chi connectivity index (χ4n) is 0.916. The first kappa shape index (κ1) is 9.26. The Morgan fingerprint density at radius 2 is 2.33 bits per heavy atom. The Bertz CT molecular complexity index is 192. The van der Waals surface area contributed by atoms with Crippen LogP contribution >= 0.6 is 0 Å². The predicted molar refractivity (Wildman–Crippen MR) is 44.7 cm³/mol. The summed E-state index contributed by atoms with van der Waals surface area (Å²) in [5, 5.41) is 0. The molecule has 68 valence electrons. The number of carbonyl (C=O) groups excluding carboxylic acids is 1. The maximum absolute atomic E-state index is 11.2. The van der Waals surface area contributed by atoms with Crippen LogP contribution in [0.5, 0.6) is 0 Å². The molecule has 0 radical (unpaired) electrons. The van der Waals surface area contributed by atoms with Gasteiger partial charge in [0.1, 0.15) is 6.10 Å². The molecule has 1 heterocycles. The zero-order valence-corrected chi connectivity index (χ0v) is 7.50. The Kier molecular flexibility index (Phi) is 3.29. The van der Waals surface area contributed by atoms with E-state index in [0.717, 1.165) is 6.42 Å². The fraction of sp³-hybridized carbons (Fsp3) is 0.667. The van der Waals surface area contributed by atoms with Gasteiger partial charge in [0.05, 0.1) is 13.2 Å². The van der Waals surface area contributed by atoms with Crippen molar-refractivity contribution in [1.29, 1.82) is 0 Å².